The van der Waals surface area contributed by atoms with Crippen molar-refractivity contribution in [3.8, 4) is 0 Å². The Morgan fingerprint density at radius 3 is 2.39 bits per heavy atom. The first-order chi connectivity index (χ1) is 8.75. The molecule has 0 unspecified atom stereocenters. The van der Waals surface area contributed by atoms with Crippen molar-refractivity contribution in [2.24, 2.45) is 0 Å². The molecule has 1 heterocycles. The minimum absolute atomic E-state index is 0.516. The maximum absolute atomic E-state index is 9.50. The van der Waals surface area contributed by atoms with Crippen LogP contribution < -0.4 is 5.46 Å². The standard InChI is InChI=1S/C14H9BO3/c16-15(17)10-7-8-3-1-5-11-13(8)14-9(10)4-2-6-12(14)18-11/h1-7,16-17H. The van der Waals surface area contributed by atoms with Crippen LogP contribution in [-0.2, 0) is 0 Å². The van der Waals surface area contributed by atoms with Crippen molar-refractivity contribution < 1.29 is 14.5 Å². The maximum atomic E-state index is 9.50. The molecule has 0 aliphatic heterocycles. The second kappa shape index (κ2) is 3.25. The lowest BCUT2D eigenvalue weighted by molar-refractivity contribution is 0.426. The summed E-state index contributed by atoms with van der Waals surface area (Å²) in [5, 5.41) is 22.8. The fraction of sp³-hybridized carbons (Fsp3) is 0. The zero-order valence-corrected chi connectivity index (χ0v) is 9.42. The highest BCUT2D eigenvalue weighted by molar-refractivity contribution is 6.63. The number of benzene rings is 3. The molecule has 3 nitrogen and oxygen atoms in total. The van der Waals surface area contributed by atoms with Crippen molar-refractivity contribution in [2.75, 3.05) is 0 Å². The summed E-state index contributed by atoms with van der Waals surface area (Å²) in [6, 6.07) is 13.2. The number of hydrogen-bond acceptors (Lipinski definition) is 3. The van der Waals surface area contributed by atoms with Crippen LogP contribution in [-0.4, -0.2) is 17.2 Å². The molecule has 18 heavy (non-hydrogen) atoms. The first-order valence-corrected chi connectivity index (χ1v) is 5.78. The summed E-state index contributed by atoms with van der Waals surface area (Å²) in [7, 11) is -1.48. The zero-order valence-electron chi connectivity index (χ0n) is 9.42. The lowest BCUT2D eigenvalue weighted by atomic mass is 9.76. The fourth-order valence-electron chi connectivity index (χ4n) is 2.71. The second-order valence-electron chi connectivity index (χ2n) is 4.47. The molecule has 0 amide bonds. The molecule has 0 saturated heterocycles. The van der Waals surface area contributed by atoms with E-state index in [1.54, 1.807) is 0 Å². The summed E-state index contributed by atoms with van der Waals surface area (Å²) in [4.78, 5) is 0. The van der Waals surface area contributed by atoms with Crippen molar-refractivity contribution >= 4 is 45.3 Å². The van der Waals surface area contributed by atoms with Crippen molar-refractivity contribution in [1.29, 1.82) is 0 Å². The molecule has 0 saturated carbocycles. The van der Waals surface area contributed by atoms with E-state index < -0.39 is 7.12 Å². The Labute approximate surface area is 103 Å². The molecule has 2 N–H and O–H groups in total. The van der Waals surface area contributed by atoms with Crippen molar-refractivity contribution in [2.45, 2.75) is 0 Å². The molecule has 4 aromatic rings. The fourth-order valence-corrected chi connectivity index (χ4v) is 2.71. The smallest absolute Gasteiger partial charge is 0.456 e. The van der Waals surface area contributed by atoms with E-state index in [0.29, 0.717) is 5.46 Å². The quantitative estimate of drug-likeness (QED) is 0.391. The van der Waals surface area contributed by atoms with Crippen molar-refractivity contribution in [3.05, 3.63) is 42.5 Å². The molecular formula is C14H9BO3. The van der Waals surface area contributed by atoms with Crippen LogP contribution in [0, 0.1) is 0 Å². The van der Waals surface area contributed by atoms with Crippen LogP contribution in [0.3, 0.4) is 0 Å². The molecule has 3 aromatic carbocycles. The summed E-state index contributed by atoms with van der Waals surface area (Å²) < 4.78 is 5.79. The third-order valence-corrected chi connectivity index (χ3v) is 3.45. The van der Waals surface area contributed by atoms with Crippen LogP contribution in [0.25, 0.3) is 32.7 Å². The van der Waals surface area contributed by atoms with E-state index >= 15 is 0 Å². The van der Waals surface area contributed by atoms with Gasteiger partial charge in [-0.1, -0.05) is 30.3 Å². The van der Waals surface area contributed by atoms with Gasteiger partial charge in [0.05, 0.1) is 0 Å². The Hall–Kier alpha value is -2.04. The van der Waals surface area contributed by atoms with Crippen LogP contribution in [0.5, 0.6) is 0 Å². The average molecular weight is 236 g/mol. The normalized spacial score (nSPS) is 11.9. The van der Waals surface area contributed by atoms with Crippen molar-refractivity contribution in [1.82, 2.24) is 0 Å². The lowest BCUT2D eigenvalue weighted by Gasteiger charge is -2.07. The van der Waals surface area contributed by atoms with Gasteiger partial charge in [0, 0.05) is 10.8 Å². The molecule has 4 heteroatoms. The lowest BCUT2D eigenvalue weighted by Crippen LogP contribution is -2.30. The second-order valence-corrected chi connectivity index (χ2v) is 4.47. The van der Waals surface area contributed by atoms with Gasteiger partial charge in [0.1, 0.15) is 11.2 Å². The Morgan fingerprint density at radius 1 is 0.889 bits per heavy atom. The summed E-state index contributed by atoms with van der Waals surface area (Å²) in [6.07, 6.45) is 0. The number of rotatable bonds is 1. The first-order valence-electron chi connectivity index (χ1n) is 5.78. The van der Waals surface area contributed by atoms with Gasteiger partial charge in [0.2, 0.25) is 0 Å². The topological polar surface area (TPSA) is 53.6 Å². The monoisotopic (exact) mass is 236 g/mol. The summed E-state index contributed by atoms with van der Waals surface area (Å²) in [6.45, 7) is 0. The Balaban J connectivity index is 2.39. The summed E-state index contributed by atoms with van der Waals surface area (Å²) >= 11 is 0. The van der Waals surface area contributed by atoms with Gasteiger partial charge in [-0.15, -0.1) is 0 Å². The van der Waals surface area contributed by atoms with E-state index in [1.165, 1.54) is 0 Å². The molecule has 0 aliphatic carbocycles. The third kappa shape index (κ3) is 1.11. The molecule has 0 radical (unpaired) electrons. The van der Waals surface area contributed by atoms with Crippen LogP contribution in [0.15, 0.2) is 46.9 Å². The van der Waals surface area contributed by atoms with Crippen LogP contribution in [0.2, 0.25) is 0 Å². The van der Waals surface area contributed by atoms with E-state index in [1.807, 2.05) is 42.5 Å². The van der Waals surface area contributed by atoms with E-state index in [9.17, 15) is 10.0 Å². The van der Waals surface area contributed by atoms with Gasteiger partial charge < -0.3 is 14.5 Å². The predicted molar refractivity (Wildman–Crippen MR) is 72.2 cm³/mol. The van der Waals surface area contributed by atoms with E-state index in [2.05, 4.69) is 0 Å². The summed E-state index contributed by atoms with van der Waals surface area (Å²) in [5.74, 6) is 0. The molecule has 0 fully saturated rings. The molecule has 0 bridgehead atoms. The zero-order chi connectivity index (χ0) is 12.3. The van der Waals surface area contributed by atoms with Crippen molar-refractivity contribution in [3.63, 3.8) is 0 Å². The Kier molecular flexibility index (Phi) is 1.80. The minimum Gasteiger partial charge on any atom is -0.456 e. The summed E-state index contributed by atoms with van der Waals surface area (Å²) in [5.41, 5.74) is 2.13. The molecule has 0 aliphatic rings. The van der Waals surface area contributed by atoms with Gasteiger partial charge in [-0.2, -0.15) is 0 Å². The minimum atomic E-state index is -1.48. The van der Waals surface area contributed by atoms with Gasteiger partial charge >= 0.3 is 7.12 Å². The largest absolute Gasteiger partial charge is 0.489 e. The van der Waals surface area contributed by atoms with Crippen LogP contribution >= 0.6 is 0 Å². The number of furan rings is 1. The average Bonchev–Trinajstić information content (AvgIpc) is 2.75. The first kappa shape index (κ1) is 9.94. The van der Waals surface area contributed by atoms with Gasteiger partial charge in [-0.05, 0) is 28.4 Å². The van der Waals surface area contributed by atoms with Gasteiger partial charge in [0.25, 0.3) is 0 Å². The number of hydrogen-bond donors (Lipinski definition) is 2. The molecule has 1 aromatic heterocycles. The van der Waals surface area contributed by atoms with Crippen LogP contribution in [0.4, 0.5) is 0 Å². The van der Waals surface area contributed by atoms with Gasteiger partial charge in [-0.3, -0.25) is 0 Å². The molecular weight excluding hydrogens is 227 g/mol. The van der Waals surface area contributed by atoms with Crippen LogP contribution in [0.1, 0.15) is 0 Å². The van der Waals surface area contributed by atoms with E-state index in [-0.39, 0.29) is 0 Å². The Bertz CT molecular complexity index is 863. The van der Waals surface area contributed by atoms with Gasteiger partial charge in [-0.25, -0.2) is 0 Å². The van der Waals surface area contributed by atoms with E-state index in [4.69, 9.17) is 4.42 Å². The highest BCUT2D eigenvalue weighted by Gasteiger charge is 2.20. The molecule has 86 valence electrons. The SMILES string of the molecule is OB(O)c1cc2cccc3oc4cccc1c4c23. The Morgan fingerprint density at radius 2 is 1.61 bits per heavy atom. The third-order valence-electron chi connectivity index (χ3n) is 3.45. The van der Waals surface area contributed by atoms with E-state index in [0.717, 1.165) is 32.7 Å². The highest BCUT2D eigenvalue weighted by atomic mass is 16.4. The predicted octanol–water partition coefficient (Wildman–Crippen LogP) is 1.86. The highest BCUT2D eigenvalue weighted by Crippen LogP contribution is 2.35. The molecule has 0 atom stereocenters. The molecule has 4 rings (SSSR count). The molecule has 0 spiro atoms. The maximum Gasteiger partial charge on any atom is 0.489 e. The van der Waals surface area contributed by atoms with Gasteiger partial charge in [0.15, 0.2) is 0 Å².